The number of thioether (sulfide) groups is 3. The molecule has 0 aromatic heterocycles. The first kappa shape index (κ1) is 22.7. The molecule has 0 unspecified atom stereocenters. The van der Waals surface area contributed by atoms with Crippen molar-refractivity contribution < 1.29 is 22.3 Å². The van der Waals surface area contributed by atoms with E-state index < -0.39 is 28.1 Å². The number of ether oxygens (including phenoxy) is 1. The highest BCUT2D eigenvalue weighted by molar-refractivity contribution is 8.33. The molecule has 0 fully saturated rings. The lowest BCUT2D eigenvalue weighted by atomic mass is 10.1. The summed E-state index contributed by atoms with van der Waals surface area (Å²) in [5.74, 6) is -6.26. The van der Waals surface area contributed by atoms with E-state index in [9.17, 15) is 17.6 Å². The van der Waals surface area contributed by atoms with Gasteiger partial charge in [-0.3, -0.25) is 0 Å². The van der Waals surface area contributed by atoms with Crippen LogP contribution in [0.4, 0.5) is 17.6 Å². The highest BCUT2D eigenvalue weighted by Crippen LogP contribution is 2.55. The second kappa shape index (κ2) is 10.6. The summed E-state index contributed by atoms with van der Waals surface area (Å²) in [7, 11) is 0. The van der Waals surface area contributed by atoms with Gasteiger partial charge >= 0.3 is 11.8 Å². The summed E-state index contributed by atoms with van der Waals surface area (Å²) in [6.45, 7) is 7.12. The highest BCUT2D eigenvalue weighted by atomic mass is 32.3. The van der Waals surface area contributed by atoms with Crippen molar-refractivity contribution in [3.05, 3.63) is 0 Å². The monoisotopic (exact) mass is 382 g/mol. The molecule has 0 atom stereocenters. The molecule has 0 aliphatic heterocycles. The van der Waals surface area contributed by atoms with E-state index in [1.54, 1.807) is 6.92 Å². The zero-order chi connectivity index (χ0) is 17.3. The van der Waals surface area contributed by atoms with Crippen LogP contribution in [0.2, 0.25) is 0 Å². The summed E-state index contributed by atoms with van der Waals surface area (Å²) in [6, 6.07) is 0. The lowest BCUT2D eigenvalue weighted by Gasteiger charge is -2.37. The van der Waals surface area contributed by atoms with Crippen LogP contribution in [0.5, 0.6) is 0 Å². The third kappa shape index (κ3) is 7.09. The second-order valence-corrected chi connectivity index (χ2v) is 9.98. The molecule has 0 spiro atoms. The van der Waals surface area contributed by atoms with Gasteiger partial charge in [0, 0.05) is 13.0 Å². The van der Waals surface area contributed by atoms with E-state index in [0.29, 0.717) is 17.3 Å². The van der Waals surface area contributed by atoms with Crippen molar-refractivity contribution in [3.63, 3.8) is 0 Å². The molecular formula is C14H26F4OS3. The van der Waals surface area contributed by atoms with Crippen LogP contribution in [0.3, 0.4) is 0 Å². The van der Waals surface area contributed by atoms with Crippen LogP contribution in [0, 0.1) is 0 Å². The van der Waals surface area contributed by atoms with Gasteiger partial charge in [-0.15, -0.1) is 35.3 Å². The second-order valence-electron chi connectivity index (χ2n) is 4.51. The van der Waals surface area contributed by atoms with Gasteiger partial charge in [-0.1, -0.05) is 20.8 Å². The maximum absolute atomic E-state index is 14.2. The number of alkyl halides is 4. The first-order chi connectivity index (χ1) is 10.2. The Labute approximate surface area is 144 Å². The molecule has 134 valence electrons. The van der Waals surface area contributed by atoms with Crippen molar-refractivity contribution >= 4 is 35.3 Å². The fourth-order valence-electron chi connectivity index (χ4n) is 1.87. The minimum Gasteiger partial charge on any atom is -0.382 e. The lowest BCUT2D eigenvalue weighted by molar-refractivity contribution is -0.218. The molecule has 0 N–H and O–H groups in total. The van der Waals surface area contributed by atoms with Crippen LogP contribution in [0.1, 0.15) is 40.5 Å². The minimum absolute atomic E-state index is 0.245. The van der Waals surface area contributed by atoms with Crippen molar-refractivity contribution in [1.29, 1.82) is 0 Å². The van der Waals surface area contributed by atoms with Crippen LogP contribution in [0.15, 0.2) is 0 Å². The lowest BCUT2D eigenvalue weighted by Crippen LogP contribution is -2.45. The molecule has 0 heterocycles. The topological polar surface area (TPSA) is 9.23 Å². The Balaban J connectivity index is 5.11. The smallest absolute Gasteiger partial charge is 0.313 e. The number of rotatable bonds is 13. The maximum atomic E-state index is 14.2. The van der Waals surface area contributed by atoms with Gasteiger partial charge in [0.05, 0.1) is 13.0 Å². The van der Waals surface area contributed by atoms with Gasteiger partial charge in [0.15, 0.2) is 0 Å². The van der Waals surface area contributed by atoms with E-state index in [0.717, 1.165) is 0 Å². The summed E-state index contributed by atoms with van der Waals surface area (Å²) >= 11 is 3.98. The highest BCUT2D eigenvalue weighted by Gasteiger charge is 2.59. The summed E-state index contributed by atoms with van der Waals surface area (Å²) < 4.78 is 60.2. The zero-order valence-electron chi connectivity index (χ0n) is 13.6. The Bertz CT molecular complexity index is 287. The molecule has 0 saturated carbocycles. The van der Waals surface area contributed by atoms with E-state index in [2.05, 4.69) is 0 Å². The number of hydrogen-bond donors (Lipinski definition) is 0. The van der Waals surface area contributed by atoms with Gasteiger partial charge in [-0.25, -0.2) is 0 Å². The van der Waals surface area contributed by atoms with Crippen molar-refractivity contribution in [2.24, 2.45) is 0 Å². The van der Waals surface area contributed by atoms with Gasteiger partial charge in [-0.2, -0.15) is 17.6 Å². The van der Waals surface area contributed by atoms with E-state index in [-0.39, 0.29) is 13.2 Å². The van der Waals surface area contributed by atoms with E-state index >= 15 is 0 Å². The average Bonchev–Trinajstić information content (AvgIpc) is 2.39. The fraction of sp³-hybridized carbons (Fsp3) is 1.00. The molecule has 8 heteroatoms. The molecule has 0 aromatic rings. The van der Waals surface area contributed by atoms with E-state index in [1.807, 2.05) is 20.8 Å². The minimum atomic E-state index is -4.05. The number of hydrogen-bond acceptors (Lipinski definition) is 4. The molecule has 22 heavy (non-hydrogen) atoms. The van der Waals surface area contributed by atoms with Gasteiger partial charge in [-0.05, 0) is 24.2 Å². The van der Waals surface area contributed by atoms with Crippen molar-refractivity contribution in [2.75, 3.05) is 30.5 Å². The molecule has 1 nitrogen and oxygen atoms in total. The third-order valence-corrected chi connectivity index (χ3v) is 7.57. The standard InChI is InChI=1S/C14H26F4OS3/c1-5-19-10-9-12(15,16)13(17,18)11-14(20-6-2,21-7-3)22-8-4/h5-11H2,1-4H3. The van der Waals surface area contributed by atoms with Gasteiger partial charge < -0.3 is 4.74 Å². The third-order valence-electron chi connectivity index (χ3n) is 2.83. The maximum Gasteiger partial charge on any atom is 0.313 e. The summed E-state index contributed by atoms with van der Waals surface area (Å²) in [5.41, 5.74) is 0. The molecule has 0 saturated heterocycles. The molecule has 0 aromatic carbocycles. The fourth-order valence-corrected chi connectivity index (χ4v) is 7.16. The largest absolute Gasteiger partial charge is 0.382 e. The summed E-state index contributed by atoms with van der Waals surface area (Å²) in [5, 5.41) is 0. The average molecular weight is 383 g/mol. The zero-order valence-corrected chi connectivity index (χ0v) is 16.0. The molecular weight excluding hydrogens is 356 g/mol. The Kier molecular flexibility index (Phi) is 10.9. The Hall–Kier alpha value is 0.730. The van der Waals surface area contributed by atoms with E-state index in [4.69, 9.17) is 4.74 Å². The van der Waals surface area contributed by atoms with Crippen LogP contribution in [-0.4, -0.2) is 45.7 Å². The summed E-state index contributed by atoms with van der Waals surface area (Å²) in [6.07, 6.45) is -1.79. The SMILES string of the molecule is CCOCCC(F)(F)C(F)(F)CC(SCC)(SCC)SCC. The molecule has 0 bridgehead atoms. The van der Waals surface area contributed by atoms with Crippen LogP contribution < -0.4 is 0 Å². The van der Waals surface area contributed by atoms with Crippen molar-refractivity contribution in [2.45, 2.75) is 55.8 Å². The van der Waals surface area contributed by atoms with Crippen molar-refractivity contribution in [3.8, 4) is 0 Å². The Morgan fingerprint density at radius 2 is 1.23 bits per heavy atom. The van der Waals surface area contributed by atoms with Crippen LogP contribution in [-0.2, 0) is 4.74 Å². The summed E-state index contributed by atoms with van der Waals surface area (Å²) in [4.78, 5) is 0. The van der Waals surface area contributed by atoms with Crippen LogP contribution in [0.25, 0.3) is 0 Å². The van der Waals surface area contributed by atoms with E-state index in [1.165, 1.54) is 35.3 Å². The Morgan fingerprint density at radius 1 is 0.773 bits per heavy atom. The van der Waals surface area contributed by atoms with Gasteiger partial charge in [0.2, 0.25) is 0 Å². The predicted molar refractivity (Wildman–Crippen MR) is 92.7 cm³/mol. The first-order valence-electron chi connectivity index (χ1n) is 7.45. The van der Waals surface area contributed by atoms with Gasteiger partial charge in [0.1, 0.15) is 3.41 Å². The normalized spacial score (nSPS) is 13.6. The molecule has 0 aliphatic carbocycles. The Morgan fingerprint density at radius 3 is 1.59 bits per heavy atom. The van der Waals surface area contributed by atoms with Gasteiger partial charge in [0.25, 0.3) is 0 Å². The van der Waals surface area contributed by atoms with Crippen molar-refractivity contribution in [1.82, 2.24) is 0 Å². The number of halogens is 4. The van der Waals surface area contributed by atoms with Crippen LogP contribution >= 0.6 is 35.3 Å². The molecule has 0 rings (SSSR count). The molecule has 0 amide bonds. The molecule has 0 aliphatic rings. The first-order valence-corrected chi connectivity index (χ1v) is 10.4. The quantitative estimate of drug-likeness (QED) is 0.220. The predicted octanol–water partition coefficient (Wildman–Crippen LogP) is 5.99. The molecule has 0 radical (unpaired) electrons.